The number of nitrogens with zero attached hydrogens (tertiary/aromatic N) is 16. The average Bonchev–Trinajstić information content (AvgIpc) is 1.40. The quantitative estimate of drug-likeness (QED) is 0.0289. The number of halogens is 9. The van der Waals surface area contributed by atoms with Gasteiger partial charge in [0.05, 0.1) is 56.4 Å². The molecular weight excluding hydrogens is 1750 g/mol. The Morgan fingerprint density at radius 1 is 0.375 bits per heavy atom. The van der Waals surface area contributed by atoms with Gasteiger partial charge in [-0.25, -0.2) is 47.8 Å². The summed E-state index contributed by atoms with van der Waals surface area (Å²) in [7, 11) is -6.15. The molecule has 45 heteroatoms. The first-order chi connectivity index (χ1) is 60.2. The number of pyridine rings is 5. The van der Waals surface area contributed by atoms with E-state index in [4.69, 9.17) is 18.9 Å². The van der Waals surface area contributed by atoms with Crippen molar-refractivity contribution in [2.24, 2.45) is 0 Å². The Kier molecular flexibility index (Phi) is 29.3. The number of sulfone groups is 3. The van der Waals surface area contributed by atoms with E-state index in [1.807, 2.05) is 124 Å². The van der Waals surface area contributed by atoms with Crippen molar-refractivity contribution in [1.29, 1.82) is 0 Å². The molecule has 676 valence electrons. The van der Waals surface area contributed by atoms with E-state index in [1.165, 1.54) is 51.1 Å². The predicted octanol–water partition coefficient (Wildman–Crippen LogP) is 15.9. The minimum atomic E-state index is -4.68. The van der Waals surface area contributed by atoms with Crippen LogP contribution in [0.5, 0.6) is 23.0 Å². The number of fused-ring (bicyclic) bond motifs is 5. The van der Waals surface area contributed by atoms with Gasteiger partial charge in [-0.05, 0) is 192 Å². The zero-order valence-corrected chi connectivity index (χ0v) is 73.3. The Labute approximate surface area is 727 Å². The third-order valence-electron chi connectivity index (χ3n) is 17.9. The molecule has 15 aromatic rings. The second-order valence-corrected chi connectivity index (χ2v) is 35.2. The molecule has 33 nitrogen and oxygen atoms in total. The summed E-state index contributed by atoms with van der Waals surface area (Å²) in [5.41, 5.74) is 12.8. The van der Waals surface area contributed by atoms with Gasteiger partial charge in [0.1, 0.15) is 29.5 Å². The number of ether oxygens (including phenoxy) is 4. The molecule has 0 unspecified atom stereocenters. The Hall–Kier alpha value is -14.1. The van der Waals surface area contributed by atoms with Crippen LogP contribution in [0.2, 0.25) is 0 Å². The van der Waals surface area contributed by atoms with Crippen LogP contribution in [0.1, 0.15) is 64.5 Å². The van der Waals surface area contributed by atoms with E-state index in [0.29, 0.717) is 70.9 Å². The van der Waals surface area contributed by atoms with Crippen LogP contribution in [0, 0.1) is 41.5 Å². The maximum atomic E-state index is 12.6. The zero-order chi connectivity index (χ0) is 93.0. The topological polar surface area (TPSA) is 383 Å². The van der Waals surface area contributed by atoms with Gasteiger partial charge >= 0.3 is 18.5 Å². The van der Waals surface area contributed by atoms with Crippen molar-refractivity contribution in [3.63, 3.8) is 0 Å². The van der Waals surface area contributed by atoms with Gasteiger partial charge in [0, 0.05) is 92.7 Å². The summed E-state index contributed by atoms with van der Waals surface area (Å²) in [6, 6.07) is 41.3. The fourth-order valence-corrected chi connectivity index (χ4v) is 13.8. The molecule has 0 aliphatic carbocycles. The van der Waals surface area contributed by atoms with Gasteiger partial charge in [0.2, 0.25) is 29.7 Å². The third-order valence-corrected chi connectivity index (χ3v) is 21.8. The highest BCUT2D eigenvalue weighted by atomic mass is 32.2. The molecule has 1 amide bonds. The number of benzene rings is 5. The van der Waals surface area contributed by atoms with Crippen molar-refractivity contribution < 1.29 is 88.5 Å². The van der Waals surface area contributed by atoms with E-state index < -0.39 is 79.5 Å². The fraction of sp³-hybridized carbons (Fsp3) is 0.265. The van der Waals surface area contributed by atoms with E-state index in [2.05, 4.69) is 107 Å². The highest BCUT2D eigenvalue weighted by molar-refractivity contribution is 7.91. The number of rotatable bonds is 25. The van der Waals surface area contributed by atoms with Crippen molar-refractivity contribution in [3.05, 3.63) is 222 Å². The third kappa shape index (κ3) is 26.3. The van der Waals surface area contributed by atoms with E-state index in [0.717, 1.165) is 81.1 Å². The molecule has 0 radical (unpaired) electrons. The van der Waals surface area contributed by atoms with Gasteiger partial charge in [0.25, 0.3) is 5.91 Å². The number of carbonyl (C=O) groups excluding carboxylic acids is 1. The first kappa shape index (κ1) is 94.6. The van der Waals surface area contributed by atoms with Gasteiger partial charge < -0.3 is 55.7 Å². The van der Waals surface area contributed by atoms with Crippen molar-refractivity contribution in [3.8, 4) is 23.0 Å². The number of alkyl halides is 9. The number of hydrogen-bond acceptors (Lipinski definition) is 27. The summed E-state index contributed by atoms with van der Waals surface area (Å²) in [6.07, 6.45) is -2.62. The van der Waals surface area contributed by atoms with Crippen LogP contribution >= 0.6 is 0 Å². The number of nitrogens with one attached hydrogen (secondary N) is 6. The fourth-order valence-electron chi connectivity index (χ4n) is 11.7. The number of aromatic nitrogens is 15. The second-order valence-electron chi connectivity index (χ2n) is 28.8. The number of aryl methyl sites for hydroxylation is 6. The second kappa shape index (κ2) is 39.6. The molecule has 0 fully saturated rings. The van der Waals surface area contributed by atoms with Crippen LogP contribution in [0.15, 0.2) is 197 Å². The highest BCUT2D eigenvalue weighted by Crippen LogP contribution is 2.36. The summed E-state index contributed by atoms with van der Waals surface area (Å²) in [5, 5.41) is 38.1. The molecule has 5 aromatic carbocycles. The first-order valence-electron chi connectivity index (χ1n) is 38.7. The normalized spacial score (nSPS) is 11.8. The lowest BCUT2D eigenvalue weighted by atomic mass is 10.1. The van der Waals surface area contributed by atoms with Gasteiger partial charge in [0.15, 0.2) is 71.0 Å². The van der Waals surface area contributed by atoms with Crippen molar-refractivity contribution in [2.75, 3.05) is 96.8 Å². The molecule has 0 atom stereocenters. The molecule has 6 N–H and O–H groups in total. The summed E-state index contributed by atoms with van der Waals surface area (Å²) in [6.45, 7) is 13.1. The summed E-state index contributed by atoms with van der Waals surface area (Å²) in [5.74, 6) is 0.731. The molecule has 0 bridgehead atoms. The van der Waals surface area contributed by atoms with Crippen molar-refractivity contribution >= 4 is 128 Å². The van der Waals surface area contributed by atoms with Crippen LogP contribution in [0.4, 0.5) is 103 Å². The number of hydrogen-bond donors (Lipinski definition) is 6. The van der Waals surface area contributed by atoms with Crippen LogP contribution in [0.3, 0.4) is 0 Å². The SMILES string of the molecule is CCOc1cc(S(=O)(=O)CC)ccc1Nc1nc2ccc(C)cn2n1.CCOc1cc(S(C)(=O)=O)ccc1Nc1nc2ccc(C)cn2n1.Cc1ccc2nc(Nc3ccc(C(=O)NCC(F)(F)F)cc3OCC(F)(F)F)nn2c1.Cc1ccc2nc(Nc3ccc(N(C)C)cc3C)nn2c1.Cc1ccc2nc(Nc3ccc(S(C)(=O)=O)cc3OCC(F)(F)F)nn2c1. The van der Waals surface area contributed by atoms with Crippen LogP contribution in [0.25, 0.3) is 28.2 Å². The minimum absolute atomic E-state index is 0.00995. The lowest BCUT2D eigenvalue weighted by Gasteiger charge is -2.15. The zero-order valence-electron chi connectivity index (χ0n) is 70.8. The molecule has 10 aromatic heterocycles. The summed E-state index contributed by atoms with van der Waals surface area (Å²) >= 11 is 0. The van der Waals surface area contributed by atoms with E-state index in [-0.39, 0.29) is 55.0 Å². The van der Waals surface area contributed by atoms with E-state index in [9.17, 15) is 69.6 Å². The molecule has 0 saturated heterocycles. The van der Waals surface area contributed by atoms with Crippen LogP contribution < -0.4 is 55.7 Å². The monoisotopic (exact) mass is 1830 g/mol. The van der Waals surface area contributed by atoms with Gasteiger partial charge in [-0.3, -0.25) is 4.79 Å². The Bertz CT molecular complexity index is 6880. The number of amides is 1. The van der Waals surface area contributed by atoms with E-state index >= 15 is 0 Å². The van der Waals surface area contributed by atoms with Gasteiger partial charge in [-0.15, -0.1) is 25.5 Å². The Morgan fingerprint density at radius 2 is 0.672 bits per heavy atom. The maximum Gasteiger partial charge on any atom is 0.422 e. The van der Waals surface area contributed by atoms with Crippen molar-refractivity contribution in [1.82, 2.24) is 78.3 Å². The summed E-state index contributed by atoms with van der Waals surface area (Å²) < 4.78 is 212. The molecule has 0 aliphatic heterocycles. The standard InChI is InChI=1S/C18H15F6N5O2.C17H20N4O3S.C16H15F3N4O3S.C16H19N5.C16H18N4O3S/c1-10-2-5-14-27-16(28-29(14)7-10)26-12-4-3-11(15(30)25-8-17(19,20)21)6-13(12)31-9-18(22,23)24;1-4-24-15-10-13(25(22,23)5-2)7-8-14(15)18-17-19-16-9-6-12(3)11-21(16)20-17;1-10-3-6-14-21-15(22-23(14)8-10)20-12-5-4-11(27(2,24)25)7-13(12)26-9-16(17,18)19;1-11-5-8-15-18-16(19-21(15)10-11)17-14-7-6-13(20(3)4)9-12(14)2;1-4-23-14-9-12(24(3,21)22)6-7-13(14)17-16-18-15-8-5-11(2)10-20(15)19-16/h2-7H,8-9H2,1H3,(H,25,30)(H,26,28);6-11H,4-5H2,1-3H3,(H,18,20);3-8H,9H2,1-2H3,(H,20,22);5-10H,1-4H3,(H,17,19);5-10H,4H2,1-3H3,(H,17,19). The van der Waals surface area contributed by atoms with Gasteiger partial charge in [-0.1, -0.05) is 37.3 Å². The van der Waals surface area contributed by atoms with Gasteiger partial charge in [-0.2, -0.15) is 64.4 Å². The summed E-state index contributed by atoms with van der Waals surface area (Å²) in [4.78, 5) is 35.9. The smallest absolute Gasteiger partial charge is 0.422 e. The Balaban J connectivity index is 0.000000156. The van der Waals surface area contributed by atoms with Crippen LogP contribution in [-0.2, 0) is 29.5 Å². The largest absolute Gasteiger partial charge is 0.492 e. The van der Waals surface area contributed by atoms with Crippen LogP contribution in [-0.4, -0.2) is 188 Å². The molecular formula is C83H87F9N22O11S3. The average molecular weight is 1840 g/mol. The number of anilines is 11. The minimum Gasteiger partial charge on any atom is -0.492 e. The Morgan fingerprint density at radius 3 is 0.969 bits per heavy atom. The molecule has 0 aliphatic rings. The molecule has 0 spiro atoms. The number of carbonyl (C=O) groups is 1. The molecule has 10 heterocycles. The predicted molar refractivity (Wildman–Crippen MR) is 464 cm³/mol. The molecule has 128 heavy (non-hydrogen) atoms. The maximum absolute atomic E-state index is 12.6. The lowest BCUT2D eigenvalue weighted by molar-refractivity contribution is -0.154. The van der Waals surface area contributed by atoms with Crippen molar-refractivity contribution in [2.45, 2.75) is 95.5 Å². The molecule has 15 rings (SSSR count). The first-order valence-corrected chi connectivity index (χ1v) is 44.1. The molecule has 0 saturated carbocycles. The van der Waals surface area contributed by atoms with E-state index in [1.54, 1.807) is 74.6 Å². The highest BCUT2D eigenvalue weighted by Gasteiger charge is 2.32. The lowest BCUT2D eigenvalue weighted by Crippen LogP contribution is -2.33.